The zero-order valence-corrected chi connectivity index (χ0v) is 15.2. The van der Waals surface area contributed by atoms with E-state index in [2.05, 4.69) is 4.98 Å². The van der Waals surface area contributed by atoms with Gasteiger partial charge in [-0.15, -0.1) is 0 Å². The lowest BCUT2D eigenvalue weighted by molar-refractivity contribution is 0.339. The van der Waals surface area contributed by atoms with Crippen LogP contribution in [0.25, 0.3) is 0 Å². The fourth-order valence-corrected chi connectivity index (χ4v) is 3.92. The van der Waals surface area contributed by atoms with Crippen molar-refractivity contribution in [1.82, 2.24) is 9.29 Å². The van der Waals surface area contributed by atoms with Crippen LogP contribution < -0.4 is 4.74 Å². The first-order chi connectivity index (χ1) is 12.6. The van der Waals surface area contributed by atoms with Gasteiger partial charge in [0.05, 0.1) is 24.3 Å². The van der Waals surface area contributed by atoms with Crippen LogP contribution in [0, 0.1) is 0 Å². The Labute approximate surface area is 153 Å². The third kappa shape index (κ3) is 4.30. The highest BCUT2D eigenvalue weighted by Gasteiger charge is 2.26. The van der Waals surface area contributed by atoms with Crippen LogP contribution in [0.1, 0.15) is 18.2 Å². The highest BCUT2D eigenvalue weighted by Crippen LogP contribution is 2.23. The molecule has 6 nitrogen and oxygen atoms in total. The fourth-order valence-electron chi connectivity index (χ4n) is 2.52. The molecule has 0 atom stereocenters. The predicted octanol–water partition coefficient (Wildman–Crippen LogP) is 3.46. The van der Waals surface area contributed by atoms with Crippen LogP contribution >= 0.6 is 0 Å². The minimum Gasteiger partial charge on any atom is -0.494 e. The summed E-state index contributed by atoms with van der Waals surface area (Å²) < 4.78 is 38.4. The van der Waals surface area contributed by atoms with Crippen molar-refractivity contribution in [3.8, 4) is 5.75 Å². The number of sulfonamides is 1. The molecule has 0 fully saturated rings. The summed E-state index contributed by atoms with van der Waals surface area (Å²) in [5.41, 5.74) is 0.800. The first-order valence-electron chi connectivity index (χ1n) is 8.24. The minimum absolute atomic E-state index is 0.136. The van der Waals surface area contributed by atoms with Gasteiger partial charge in [0.15, 0.2) is 0 Å². The van der Waals surface area contributed by atoms with E-state index in [-0.39, 0.29) is 18.0 Å². The molecule has 0 saturated carbocycles. The van der Waals surface area contributed by atoms with Gasteiger partial charge in [-0.1, -0.05) is 6.07 Å². The highest BCUT2D eigenvalue weighted by atomic mass is 32.2. The Kier molecular flexibility index (Phi) is 5.70. The molecule has 136 valence electrons. The van der Waals surface area contributed by atoms with Crippen molar-refractivity contribution >= 4 is 10.0 Å². The average molecular weight is 372 g/mol. The van der Waals surface area contributed by atoms with Crippen molar-refractivity contribution in [1.29, 1.82) is 0 Å². The van der Waals surface area contributed by atoms with E-state index in [1.807, 2.05) is 13.0 Å². The molecule has 0 aliphatic carbocycles. The first-order valence-corrected chi connectivity index (χ1v) is 9.68. The lowest BCUT2D eigenvalue weighted by Crippen LogP contribution is -2.30. The zero-order valence-electron chi connectivity index (χ0n) is 14.4. The SMILES string of the molecule is CCOc1ccc(S(=O)(=O)N(Cc2cccnc2)Cc2ccco2)cc1. The van der Waals surface area contributed by atoms with Crippen molar-refractivity contribution in [3.63, 3.8) is 0 Å². The maximum absolute atomic E-state index is 13.2. The second-order valence-electron chi connectivity index (χ2n) is 5.62. The molecule has 0 aliphatic heterocycles. The van der Waals surface area contributed by atoms with Gasteiger partial charge in [-0.2, -0.15) is 4.31 Å². The van der Waals surface area contributed by atoms with Crippen LogP contribution in [0.4, 0.5) is 0 Å². The third-order valence-electron chi connectivity index (χ3n) is 3.77. The van der Waals surface area contributed by atoms with Crippen LogP contribution in [0.2, 0.25) is 0 Å². The normalized spacial score (nSPS) is 11.6. The molecule has 2 heterocycles. The maximum atomic E-state index is 13.2. The number of pyridine rings is 1. The van der Waals surface area contributed by atoms with E-state index in [9.17, 15) is 8.42 Å². The van der Waals surface area contributed by atoms with Gasteiger partial charge in [0, 0.05) is 18.9 Å². The lowest BCUT2D eigenvalue weighted by Gasteiger charge is -2.21. The summed E-state index contributed by atoms with van der Waals surface area (Å²) >= 11 is 0. The van der Waals surface area contributed by atoms with Gasteiger partial charge >= 0.3 is 0 Å². The van der Waals surface area contributed by atoms with E-state index >= 15 is 0 Å². The number of nitrogens with zero attached hydrogens (tertiary/aromatic N) is 2. The number of ether oxygens (including phenoxy) is 1. The molecule has 0 aliphatic rings. The molecule has 26 heavy (non-hydrogen) atoms. The number of aromatic nitrogens is 1. The molecular formula is C19H20N2O4S. The molecule has 0 spiro atoms. The van der Waals surface area contributed by atoms with Gasteiger partial charge in [-0.3, -0.25) is 4.98 Å². The van der Waals surface area contributed by atoms with E-state index in [0.717, 1.165) is 5.56 Å². The van der Waals surface area contributed by atoms with E-state index in [1.54, 1.807) is 54.9 Å². The van der Waals surface area contributed by atoms with Crippen LogP contribution in [-0.4, -0.2) is 24.3 Å². The van der Waals surface area contributed by atoms with E-state index in [4.69, 9.17) is 9.15 Å². The highest BCUT2D eigenvalue weighted by molar-refractivity contribution is 7.89. The molecule has 0 bridgehead atoms. The number of hydrogen-bond acceptors (Lipinski definition) is 5. The summed E-state index contributed by atoms with van der Waals surface area (Å²) in [7, 11) is -3.72. The fraction of sp³-hybridized carbons (Fsp3) is 0.211. The maximum Gasteiger partial charge on any atom is 0.243 e. The molecule has 0 amide bonds. The summed E-state index contributed by atoms with van der Waals surface area (Å²) in [4.78, 5) is 4.27. The Morgan fingerprint density at radius 3 is 2.50 bits per heavy atom. The standard InChI is InChI=1S/C19H20N2O4S/c1-2-24-17-7-9-19(10-8-17)26(22,23)21(15-18-6-4-12-25-18)14-16-5-3-11-20-13-16/h3-13H,2,14-15H2,1H3. The van der Waals surface area contributed by atoms with E-state index < -0.39 is 10.0 Å². The van der Waals surface area contributed by atoms with E-state index in [1.165, 1.54) is 10.6 Å². The largest absolute Gasteiger partial charge is 0.494 e. The molecule has 7 heteroatoms. The first kappa shape index (κ1) is 18.2. The Balaban J connectivity index is 1.90. The van der Waals surface area contributed by atoms with Crippen molar-refractivity contribution in [3.05, 3.63) is 78.5 Å². The number of rotatable bonds is 8. The topological polar surface area (TPSA) is 72.6 Å². The van der Waals surface area contributed by atoms with Gasteiger partial charge in [-0.25, -0.2) is 8.42 Å². The van der Waals surface area contributed by atoms with Gasteiger partial charge in [-0.05, 0) is 55.0 Å². The summed E-state index contributed by atoms with van der Waals surface area (Å²) in [5.74, 6) is 1.21. The Bertz CT molecular complexity index is 908. The zero-order chi connectivity index (χ0) is 18.4. The van der Waals surface area contributed by atoms with Crippen molar-refractivity contribution < 1.29 is 17.6 Å². The predicted molar refractivity (Wildman–Crippen MR) is 97.0 cm³/mol. The Morgan fingerprint density at radius 1 is 1.08 bits per heavy atom. The second kappa shape index (κ2) is 8.16. The second-order valence-corrected chi connectivity index (χ2v) is 7.56. The van der Waals surface area contributed by atoms with Crippen molar-refractivity contribution in [2.45, 2.75) is 24.9 Å². The smallest absolute Gasteiger partial charge is 0.243 e. The molecule has 0 N–H and O–H groups in total. The minimum atomic E-state index is -3.72. The molecule has 0 unspecified atom stereocenters. The molecular weight excluding hydrogens is 352 g/mol. The number of benzene rings is 1. The molecule has 2 aromatic heterocycles. The summed E-state index contributed by atoms with van der Waals surface area (Å²) in [5, 5.41) is 0. The Morgan fingerprint density at radius 2 is 1.88 bits per heavy atom. The molecule has 3 aromatic rings. The third-order valence-corrected chi connectivity index (χ3v) is 5.57. The summed E-state index contributed by atoms with van der Waals surface area (Å²) in [6.45, 7) is 2.74. The number of furan rings is 1. The molecule has 0 radical (unpaired) electrons. The molecule has 3 rings (SSSR count). The van der Waals surface area contributed by atoms with Crippen LogP contribution in [0.15, 0.2) is 76.5 Å². The molecule has 1 aromatic carbocycles. The lowest BCUT2D eigenvalue weighted by atomic mass is 10.3. The van der Waals surface area contributed by atoms with Gasteiger partial charge in [0.1, 0.15) is 11.5 Å². The monoisotopic (exact) mass is 372 g/mol. The van der Waals surface area contributed by atoms with Crippen LogP contribution in [-0.2, 0) is 23.1 Å². The van der Waals surface area contributed by atoms with Crippen LogP contribution in [0.5, 0.6) is 5.75 Å². The number of hydrogen-bond donors (Lipinski definition) is 0. The van der Waals surface area contributed by atoms with Crippen molar-refractivity contribution in [2.75, 3.05) is 6.61 Å². The van der Waals surface area contributed by atoms with E-state index in [0.29, 0.717) is 18.1 Å². The summed E-state index contributed by atoms with van der Waals surface area (Å²) in [6.07, 6.45) is 4.84. The molecule has 0 saturated heterocycles. The average Bonchev–Trinajstić information content (AvgIpc) is 3.16. The quantitative estimate of drug-likeness (QED) is 0.605. The van der Waals surface area contributed by atoms with Crippen molar-refractivity contribution in [2.24, 2.45) is 0 Å². The van der Waals surface area contributed by atoms with Gasteiger partial charge in [0.2, 0.25) is 10.0 Å². The van der Waals surface area contributed by atoms with Gasteiger partial charge < -0.3 is 9.15 Å². The van der Waals surface area contributed by atoms with Gasteiger partial charge in [0.25, 0.3) is 0 Å². The Hall–Kier alpha value is -2.64. The summed E-state index contributed by atoms with van der Waals surface area (Å²) in [6, 6.07) is 13.5. The van der Waals surface area contributed by atoms with Crippen LogP contribution in [0.3, 0.4) is 0 Å².